The van der Waals surface area contributed by atoms with Crippen molar-refractivity contribution >= 4 is 17.3 Å². The highest BCUT2D eigenvalue weighted by atomic mass is 32.1. The molecule has 7 atom stereocenters. The average Bonchev–Trinajstić information content (AvgIpc) is 2.95. The van der Waals surface area contributed by atoms with E-state index in [4.69, 9.17) is 18.0 Å². The average molecular weight is 389 g/mol. The van der Waals surface area contributed by atoms with E-state index in [2.05, 4.69) is 36.8 Å². The maximum absolute atomic E-state index is 10.6. The van der Waals surface area contributed by atoms with Crippen LogP contribution in [0.5, 0.6) is 0 Å². The molecule has 4 aliphatic rings. The zero-order valence-electron chi connectivity index (χ0n) is 16.4. The molecule has 0 aromatic carbocycles. The SMILES string of the molecule is C[C@]12CC[C@H]3[C@@H](CCC4=CC(C#N)(NNC(N)=S)CC[C@@]43C)[C@@H]1CC[C@@H]2O. The number of thiocarbonyl (C=S) groups is 1. The zero-order valence-corrected chi connectivity index (χ0v) is 17.2. The van der Waals surface area contributed by atoms with Crippen LogP contribution in [0.25, 0.3) is 0 Å². The number of nitrogens with one attached hydrogen (secondary N) is 2. The lowest BCUT2D eigenvalue weighted by molar-refractivity contribution is -0.0749. The van der Waals surface area contributed by atoms with Crippen LogP contribution in [-0.4, -0.2) is 21.9 Å². The standard InChI is InChI=1S/C21H32N4OS/c1-19-9-10-21(12-22,25-24-18(23)27)11-13(19)3-4-14-15-5-6-17(26)20(15,2)8-7-16(14)19/h11,14-17,25-26H,3-10H2,1-2H3,(H3,23,24,27)/t14-,15-,16-,17-,19-,20-,21?/m0/s1. The Morgan fingerprint density at radius 1 is 1.22 bits per heavy atom. The summed E-state index contributed by atoms with van der Waals surface area (Å²) in [4.78, 5) is 0. The van der Waals surface area contributed by atoms with Gasteiger partial charge >= 0.3 is 0 Å². The van der Waals surface area contributed by atoms with E-state index < -0.39 is 5.54 Å². The van der Waals surface area contributed by atoms with Gasteiger partial charge in [0.15, 0.2) is 5.11 Å². The normalized spacial score (nSPS) is 48.4. The van der Waals surface area contributed by atoms with E-state index in [1.165, 1.54) is 24.8 Å². The fourth-order valence-corrected chi connectivity index (χ4v) is 7.15. The topological polar surface area (TPSA) is 94.1 Å². The van der Waals surface area contributed by atoms with Crippen LogP contribution in [0, 0.1) is 39.9 Å². The smallest absolute Gasteiger partial charge is 0.178 e. The van der Waals surface area contributed by atoms with Crippen LogP contribution < -0.4 is 16.6 Å². The molecule has 6 heteroatoms. The first-order chi connectivity index (χ1) is 12.7. The Kier molecular flexibility index (Phi) is 4.57. The summed E-state index contributed by atoms with van der Waals surface area (Å²) in [5.41, 5.74) is 12.4. The molecule has 4 rings (SSSR count). The van der Waals surface area contributed by atoms with E-state index in [1.54, 1.807) is 0 Å². The van der Waals surface area contributed by atoms with Gasteiger partial charge < -0.3 is 10.8 Å². The zero-order chi connectivity index (χ0) is 19.4. The lowest BCUT2D eigenvalue weighted by Gasteiger charge is -2.58. The minimum Gasteiger partial charge on any atom is -0.393 e. The van der Waals surface area contributed by atoms with Crippen LogP contribution in [0.1, 0.15) is 65.2 Å². The number of hydrogen-bond donors (Lipinski definition) is 4. The Labute approximate surface area is 167 Å². The minimum atomic E-state index is -0.738. The number of aliphatic hydroxyl groups excluding tert-OH is 1. The maximum Gasteiger partial charge on any atom is 0.178 e. The largest absolute Gasteiger partial charge is 0.393 e. The fourth-order valence-electron chi connectivity index (χ4n) is 7.10. The number of rotatable bonds is 2. The van der Waals surface area contributed by atoms with Crippen LogP contribution in [0.2, 0.25) is 0 Å². The molecule has 0 radical (unpaired) electrons. The van der Waals surface area contributed by atoms with E-state index in [9.17, 15) is 10.4 Å². The Balaban J connectivity index is 1.61. The first-order valence-corrected chi connectivity index (χ1v) is 10.8. The molecule has 0 spiro atoms. The number of fused-ring (bicyclic) bond motifs is 5. The second-order valence-corrected chi connectivity index (χ2v) is 10.3. The summed E-state index contributed by atoms with van der Waals surface area (Å²) in [7, 11) is 0. The lowest BCUT2D eigenvalue weighted by Crippen LogP contribution is -2.58. The van der Waals surface area contributed by atoms with Crippen molar-refractivity contribution < 1.29 is 5.11 Å². The molecule has 3 fully saturated rings. The molecular formula is C21H32N4OS. The second kappa shape index (κ2) is 6.43. The molecule has 0 bridgehead atoms. The molecule has 1 unspecified atom stereocenters. The molecule has 0 saturated heterocycles. The highest BCUT2D eigenvalue weighted by Gasteiger charge is 2.59. The summed E-state index contributed by atoms with van der Waals surface area (Å²) in [5, 5.41) is 20.6. The Morgan fingerprint density at radius 2 is 2.00 bits per heavy atom. The second-order valence-electron chi connectivity index (χ2n) is 9.84. The van der Waals surface area contributed by atoms with Crippen molar-refractivity contribution in [1.82, 2.24) is 10.9 Å². The van der Waals surface area contributed by atoms with E-state index in [1.807, 2.05) is 0 Å². The number of nitrogens with zero attached hydrogens (tertiary/aromatic N) is 1. The number of nitriles is 1. The van der Waals surface area contributed by atoms with Gasteiger partial charge in [-0.25, -0.2) is 5.43 Å². The summed E-state index contributed by atoms with van der Waals surface area (Å²) in [6.45, 7) is 4.75. The molecule has 0 aromatic rings. The van der Waals surface area contributed by atoms with Gasteiger partial charge in [-0.2, -0.15) is 5.26 Å². The predicted molar refractivity (Wildman–Crippen MR) is 109 cm³/mol. The summed E-state index contributed by atoms with van der Waals surface area (Å²) >= 11 is 4.89. The van der Waals surface area contributed by atoms with Crippen LogP contribution >= 0.6 is 12.2 Å². The maximum atomic E-state index is 10.6. The summed E-state index contributed by atoms with van der Waals surface area (Å²) < 4.78 is 0. The molecular weight excluding hydrogens is 356 g/mol. The third kappa shape index (κ3) is 2.82. The summed E-state index contributed by atoms with van der Waals surface area (Å²) in [6.07, 6.45) is 10.5. The number of hydrogen-bond acceptors (Lipinski definition) is 4. The van der Waals surface area contributed by atoms with Crippen molar-refractivity contribution in [3.05, 3.63) is 11.6 Å². The van der Waals surface area contributed by atoms with Crippen molar-refractivity contribution in [2.45, 2.75) is 76.9 Å². The van der Waals surface area contributed by atoms with Crippen molar-refractivity contribution in [2.75, 3.05) is 0 Å². The molecule has 148 valence electrons. The first kappa shape index (κ1) is 19.2. The molecule has 3 saturated carbocycles. The van der Waals surface area contributed by atoms with Crippen LogP contribution in [0.15, 0.2) is 11.6 Å². The third-order valence-corrected chi connectivity index (χ3v) is 8.86. The Bertz CT molecular complexity index is 717. The number of aliphatic hydroxyl groups is 1. The number of allylic oxidation sites excluding steroid dienone is 1. The molecule has 4 aliphatic carbocycles. The minimum absolute atomic E-state index is 0.117. The van der Waals surface area contributed by atoms with Crippen molar-refractivity contribution in [2.24, 2.45) is 34.3 Å². The molecule has 27 heavy (non-hydrogen) atoms. The van der Waals surface area contributed by atoms with Crippen LogP contribution in [0.4, 0.5) is 0 Å². The van der Waals surface area contributed by atoms with Crippen molar-refractivity contribution in [3.63, 3.8) is 0 Å². The van der Waals surface area contributed by atoms with Crippen molar-refractivity contribution in [1.29, 1.82) is 5.26 Å². The number of nitrogens with two attached hydrogens (primary N) is 1. The van der Waals surface area contributed by atoms with Gasteiger partial charge in [0.2, 0.25) is 0 Å². The Hall–Kier alpha value is -1.16. The van der Waals surface area contributed by atoms with Gasteiger partial charge in [-0.3, -0.25) is 5.43 Å². The molecule has 0 aromatic heterocycles. The fraction of sp³-hybridized carbons (Fsp3) is 0.810. The van der Waals surface area contributed by atoms with Gasteiger partial charge in [-0.05, 0) is 98.2 Å². The highest BCUT2D eigenvalue weighted by molar-refractivity contribution is 7.80. The predicted octanol–water partition coefficient (Wildman–Crippen LogP) is 2.91. The van der Waals surface area contributed by atoms with Gasteiger partial charge in [0.05, 0.1) is 12.2 Å². The van der Waals surface area contributed by atoms with E-state index in [0.717, 1.165) is 32.1 Å². The van der Waals surface area contributed by atoms with Gasteiger partial charge in [-0.15, -0.1) is 0 Å². The van der Waals surface area contributed by atoms with E-state index >= 15 is 0 Å². The van der Waals surface area contributed by atoms with Gasteiger partial charge in [0, 0.05) is 0 Å². The highest BCUT2D eigenvalue weighted by Crippen LogP contribution is 2.65. The van der Waals surface area contributed by atoms with Gasteiger partial charge in [0.1, 0.15) is 5.54 Å². The van der Waals surface area contributed by atoms with Crippen molar-refractivity contribution in [3.8, 4) is 6.07 Å². The monoisotopic (exact) mass is 388 g/mol. The molecule has 0 heterocycles. The van der Waals surface area contributed by atoms with E-state index in [0.29, 0.717) is 17.8 Å². The third-order valence-electron chi connectivity index (χ3n) is 8.75. The van der Waals surface area contributed by atoms with E-state index in [-0.39, 0.29) is 22.0 Å². The van der Waals surface area contributed by atoms with Gasteiger partial charge in [-0.1, -0.05) is 19.4 Å². The lowest BCUT2D eigenvalue weighted by atomic mass is 9.46. The summed E-state index contributed by atoms with van der Waals surface area (Å²) in [6, 6.07) is 2.45. The molecule has 0 amide bonds. The molecule has 0 aliphatic heterocycles. The van der Waals surface area contributed by atoms with Crippen LogP contribution in [0.3, 0.4) is 0 Å². The van der Waals surface area contributed by atoms with Crippen LogP contribution in [-0.2, 0) is 0 Å². The Morgan fingerprint density at radius 3 is 2.70 bits per heavy atom. The summed E-state index contributed by atoms with van der Waals surface area (Å²) in [5.74, 6) is 2.03. The first-order valence-electron chi connectivity index (χ1n) is 10.4. The molecule has 5 nitrogen and oxygen atoms in total. The quantitative estimate of drug-likeness (QED) is 0.330. The molecule has 5 N–H and O–H groups in total. The van der Waals surface area contributed by atoms with Gasteiger partial charge in [0.25, 0.3) is 0 Å². The number of hydrazine groups is 1.